The topological polar surface area (TPSA) is 12.0 Å². The minimum Gasteiger partial charge on any atom is -0.374 e. The molecule has 108 valence electrons. The number of thioether (sulfide) groups is 1. The van der Waals surface area contributed by atoms with Crippen LogP contribution in [-0.2, 0) is 0 Å². The highest BCUT2D eigenvalue weighted by Crippen LogP contribution is 2.22. The Kier molecular flexibility index (Phi) is 7.96. The average molecular weight is 283 g/mol. The standard InChI is InChI=1S/C16H26FNS/c1-4-6-7-8-14(5-2)19-12-18-16-10-9-13(3)11-15(16)17/h9-11,14,18H,4-8,12H2,1-3H3/t14-/m1/s1. The van der Waals surface area contributed by atoms with Crippen LogP contribution in [-0.4, -0.2) is 11.1 Å². The Morgan fingerprint density at radius 1 is 1.26 bits per heavy atom. The van der Waals surface area contributed by atoms with Gasteiger partial charge < -0.3 is 5.32 Å². The van der Waals surface area contributed by atoms with Crippen molar-refractivity contribution in [3.8, 4) is 0 Å². The second-order valence-corrected chi connectivity index (χ2v) is 6.29. The van der Waals surface area contributed by atoms with Gasteiger partial charge in [0, 0.05) is 5.25 Å². The SMILES string of the molecule is CCCCC[C@@H](CC)SCNc1ccc(C)cc1F. The highest BCUT2D eigenvalue weighted by molar-refractivity contribution is 7.99. The minimum atomic E-state index is -0.153. The van der Waals surface area contributed by atoms with E-state index in [4.69, 9.17) is 0 Å². The van der Waals surface area contributed by atoms with Crippen molar-refractivity contribution in [1.82, 2.24) is 0 Å². The van der Waals surface area contributed by atoms with Crippen molar-refractivity contribution in [1.29, 1.82) is 0 Å². The minimum absolute atomic E-state index is 0.153. The Morgan fingerprint density at radius 2 is 2.05 bits per heavy atom. The molecule has 0 aliphatic heterocycles. The van der Waals surface area contributed by atoms with Crippen LogP contribution < -0.4 is 5.32 Å². The van der Waals surface area contributed by atoms with Crippen LogP contribution in [0.4, 0.5) is 10.1 Å². The van der Waals surface area contributed by atoms with Crippen LogP contribution in [0.25, 0.3) is 0 Å². The van der Waals surface area contributed by atoms with Gasteiger partial charge in [0.15, 0.2) is 0 Å². The van der Waals surface area contributed by atoms with E-state index in [0.29, 0.717) is 10.9 Å². The summed E-state index contributed by atoms with van der Waals surface area (Å²) in [5.41, 5.74) is 1.57. The fourth-order valence-corrected chi connectivity index (χ4v) is 3.07. The molecule has 0 amide bonds. The number of nitrogens with one attached hydrogen (secondary N) is 1. The maximum Gasteiger partial charge on any atom is 0.146 e. The maximum atomic E-state index is 13.6. The van der Waals surface area contributed by atoms with Gasteiger partial charge in [0.25, 0.3) is 0 Å². The van der Waals surface area contributed by atoms with Crippen molar-refractivity contribution < 1.29 is 4.39 Å². The monoisotopic (exact) mass is 283 g/mol. The van der Waals surface area contributed by atoms with Crippen molar-refractivity contribution >= 4 is 17.4 Å². The summed E-state index contributed by atoms with van der Waals surface area (Å²) in [6, 6.07) is 5.34. The molecular weight excluding hydrogens is 257 g/mol. The van der Waals surface area contributed by atoms with E-state index in [1.165, 1.54) is 32.1 Å². The van der Waals surface area contributed by atoms with Crippen molar-refractivity contribution in [2.45, 2.75) is 58.1 Å². The number of halogens is 1. The van der Waals surface area contributed by atoms with E-state index in [1.807, 2.05) is 30.8 Å². The molecular formula is C16H26FNS. The number of aryl methyl sites for hydroxylation is 1. The third-order valence-corrected chi connectivity index (χ3v) is 4.64. The summed E-state index contributed by atoms with van der Waals surface area (Å²) >= 11 is 1.90. The zero-order valence-electron chi connectivity index (χ0n) is 12.3. The van der Waals surface area contributed by atoms with Gasteiger partial charge in [-0.3, -0.25) is 0 Å². The van der Waals surface area contributed by atoms with Crippen LogP contribution in [0.1, 0.15) is 51.5 Å². The summed E-state index contributed by atoms with van der Waals surface area (Å²) in [4.78, 5) is 0. The summed E-state index contributed by atoms with van der Waals surface area (Å²) in [5, 5.41) is 3.87. The van der Waals surface area contributed by atoms with Gasteiger partial charge in [-0.25, -0.2) is 4.39 Å². The van der Waals surface area contributed by atoms with Gasteiger partial charge in [0.05, 0.1) is 11.6 Å². The second-order valence-electron chi connectivity index (χ2n) is 5.00. The Balaban J connectivity index is 2.31. The number of rotatable bonds is 9. The first kappa shape index (κ1) is 16.4. The lowest BCUT2D eigenvalue weighted by Gasteiger charge is -2.15. The van der Waals surface area contributed by atoms with E-state index in [1.54, 1.807) is 6.07 Å². The lowest BCUT2D eigenvalue weighted by Crippen LogP contribution is -2.07. The predicted octanol–water partition coefficient (Wildman–Crippen LogP) is 5.60. The molecule has 0 fully saturated rings. The number of benzene rings is 1. The van der Waals surface area contributed by atoms with E-state index in [9.17, 15) is 4.39 Å². The first-order valence-corrected chi connectivity index (χ1v) is 8.33. The molecule has 3 heteroatoms. The molecule has 0 heterocycles. The van der Waals surface area contributed by atoms with E-state index in [-0.39, 0.29) is 5.82 Å². The molecule has 1 aromatic rings. The quantitative estimate of drug-likeness (QED) is 0.468. The molecule has 0 unspecified atom stereocenters. The highest BCUT2D eigenvalue weighted by atomic mass is 32.2. The molecule has 1 N–H and O–H groups in total. The molecule has 1 aromatic carbocycles. The fourth-order valence-electron chi connectivity index (χ4n) is 2.03. The van der Waals surface area contributed by atoms with Gasteiger partial charge in [0.2, 0.25) is 0 Å². The van der Waals surface area contributed by atoms with Crippen LogP contribution in [0.2, 0.25) is 0 Å². The molecule has 1 nitrogen and oxygen atoms in total. The van der Waals surface area contributed by atoms with E-state index < -0.39 is 0 Å². The normalized spacial score (nSPS) is 12.4. The maximum absolute atomic E-state index is 13.6. The first-order valence-electron chi connectivity index (χ1n) is 7.29. The van der Waals surface area contributed by atoms with Gasteiger partial charge in [0.1, 0.15) is 5.82 Å². The van der Waals surface area contributed by atoms with Gasteiger partial charge in [-0.2, -0.15) is 0 Å². The van der Waals surface area contributed by atoms with Crippen LogP contribution in [0.3, 0.4) is 0 Å². The van der Waals surface area contributed by atoms with Crippen LogP contribution in [0.5, 0.6) is 0 Å². The number of hydrogen-bond donors (Lipinski definition) is 1. The second kappa shape index (κ2) is 9.24. The molecule has 0 saturated heterocycles. The molecule has 0 radical (unpaired) electrons. The molecule has 19 heavy (non-hydrogen) atoms. The molecule has 0 aromatic heterocycles. The Morgan fingerprint density at radius 3 is 2.68 bits per heavy atom. The fraction of sp³-hybridized carbons (Fsp3) is 0.625. The van der Waals surface area contributed by atoms with Gasteiger partial charge >= 0.3 is 0 Å². The van der Waals surface area contributed by atoms with Gasteiger partial charge in [-0.15, -0.1) is 11.8 Å². The Hall–Kier alpha value is -0.700. The van der Waals surface area contributed by atoms with Crippen LogP contribution in [0, 0.1) is 12.7 Å². The third kappa shape index (κ3) is 6.33. The van der Waals surface area contributed by atoms with Crippen LogP contribution >= 0.6 is 11.8 Å². The summed E-state index contributed by atoms with van der Waals surface area (Å²) in [5.74, 6) is 0.629. The van der Waals surface area contributed by atoms with E-state index in [2.05, 4.69) is 19.2 Å². The molecule has 1 rings (SSSR count). The first-order chi connectivity index (χ1) is 9.17. The van der Waals surface area contributed by atoms with Crippen LogP contribution in [0.15, 0.2) is 18.2 Å². The summed E-state index contributed by atoms with van der Waals surface area (Å²) in [6.45, 7) is 6.37. The molecule has 1 atom stereocenters. The molecule has 0 spiro atoms. The molecule has 0 aliphatic carbocycles. The summed E-state index contributed by atoms with van der Waals surface area (Å²) in [6.07, 6.45) is 6.35. The number of unbranched alkanes of at least 4 members (excludes halogenated alkanes) is 2. The van der Waals surface area contributed by atoms with Crippen molar-refractivity contribution in [2.75, 3.05) is 11.2 Å². The summed E-state index contributed by atoms with van der Waals surface area (Å²) < 4.78 is 13.6. The zero-order chi connectivity index (χ0) is 14.1. The van der Waals surface area contributed by atoms with Crippen molar-refractivity contribution in [2.24, 2.45) is 0 Å². The Labute approximate surface area is 121 Å². The summed E-state index contributed by atoms with van der Waals surface area (Å²) in [7, 11) is 0. The smallest absolute Gasteiger partial charge is 0.146 e. The highest BCUT2D eigenvalue weighted by Gasteiger charge is 2.07. The largest absolute Gasteiger partial charge is 0.374 e. The lowest BCUT2D eigenvalue weighted by molar-refractivity contribution is 0.629. The number of hydrogen-bond acceptors (Lipinski definition) is 2. The van der Waals surface area contributed by atoms with Crippen molar-refractivity contribution in [3.05, 3.63) is 29.6 Å². The molecule has 0 bridgehead atoms. The van der Waals surface area contributed by atoms with Crippen molar-refractivity contribution in [3.63, 3.8) is 0 Å². The van der Waals surface area contributed by atoms with E-state index in [0.717, 1.165) is 11.4 Å². The third-order valence-electron chi connectivity index (χ3n) is 3.29. The predicted molar refractivity (Wildman–Crippen MR) is 85.4 cm³/mol. The zero-order valence-corrected chi connectivity index (χ0v) is 13.2. The van der Waals surface area contributed by atoms with E-state index >= 15 is 0 Å². The molecule has 0 aliphatic rings. The number of anilines is 1. The Bertz CT molecular complexity index is 368. The molecule has 0 saturated carbocycles. The average Bonchev–Trinajstić information content (AvgIpc) is 2.39. The lowest BCUT2D eigenvalue weighted by atomic mass is 10.1. The van der Waals surface area contributed by atoms with Gasteiger partial charge in [-0.1, -0.05) is 39.2 Å². The van der Waals surface area contributed by atoms with Gasteiger partial charge in [-0.05, 0) is 37.5 Å².